The van der Waals surface area contributed by atoms with Crippen molar-refractivity contribution in [3.63, 3.8) is 0 Å². The van der Waals surface area contributed by atoms with E-state index in [0.717, 1.165) is 24.5 Å². The normalized spacial score (nSPS) is 17.9. The molecule has 2 aromatic rings. The van der Waals surface area contributed by atoms with Crippen LogP contribution in [0.15, 0.2) is 30.3 Å². The summed E-state index contributed by atoms with van der Waals surface area (Å²) in [5.74, 6) is 2.17. The Labute approximate surface area is 162 Å². The highest BCUT2D eigenvalue weighted by atomic mass is 16.3. The van der Waals surface area contributed by atoms with Gasteiger partial charge in [0.1, 0.15) is 5.82 Å². The number of nitrogens with zero attached hydrogens (tertiary/aromatic N) is 3. The molecular formula is C22H32N4O. The minimum absolute atomic E-state index is 0.0558. The number of anilines is 2. The van der Waals surface area contributed by atoms with Crippen LogP contribution in [0.25, 0.3) is 0 Å². The first kappa shape index (κ1) is 19.6. The Morgan fingerprint density at radius 2 is 1.85 bits per heavy atom. The monoisotopic (exact) mass is 368 g/mol. The minimum atomic E-state index is -0.0558. The molecule has 2 heterocycles. The summed E-state index contributed by atoms with van der Waals surface area (Å²) in [4.78, 5) is 11.9. The molecule has 1 aromatic heterocycles. The molecule has 146 valence electrons. The molecule has 2 atom stereocenters. The number of benzene rings is 1. The van der Waals surface area contributed by atoms with Crippen LogP contribution in [0.5, 0.6) is 0 Å². The second-order valence-electron chi connectivity index (χ2n) is 8.26. The van der Waals surface area contributed by atoms with Crippen molar-refractivity contribution in [1.82, 2.24) is 9.97 Å². The Kier molecular flexibility index (Phi) is 6.00. The quantitative estimate of drug-likeness (QED) is 0.807. The van der Waals surface area contributed by atoms with Crippen molar-refractivity contribution in [2.24, 2.45) is 5.92 Å². The van der Waals surface area contributed by atoms with Gasteiger partial charge >= 0.3 is 0 Å². The van der Waals surface area contributed by atoms with Gasteiger partial charge in [-0.1, -0.05) is 52.0 Å². The highest BCUT2D eigenvalue weighted by Crippen LogP contribution is 2.29. The third kappa shape index (κ3) is 4.41. The minimum Gasteiger partial charge on any atom is -0.394 e. The maximum absolute atomic E-state index is 9.68. The lowest BCUT2D eigenvalue weighted by atomic mass is 9.95. The first-order valence-corrected chi connectivity index (χ1v) is 9.98. The van der Waals surface area contributed by atoms with Gasteiger partial charge in [0.25, 0.3) is 0 Å². The van der Waals surface area contributed by atoms with E-state index in [1.165, 1.54) is 11.1 Å². The van der Waals surface area contributed by atoms with Crippen molar-refractivity contribution in [2.45, 2.75) is 65.6 Å². The molecule has 3 rings (SSSR count). The Morgan fingerprint density at radius 1 is 1.15 bits per heavy atom. The molecule has 0 unspecified atom stereocenters. The van der Waals surface area contributed by atoms with Crippen LogP contribution >= 0.6 is 0 Å². The van der Waals surface area contributed by atoms with E-state index < -0.39 is 0 Å². The van der Waals surface area contributed by atoms with Crippen molar-refractivity contribution in [1.29, 1.82) is 0 Å². The highest BCUT2D eigenvalue weighted by molar-refractivity contribution is 5.50. The van der Waals surface area contributed by atoms with Gasteiger partial charge in [-0.2, -0.15) is 4.98 Å². The molecule has 1 aromatic carbocycles. The van der Waals surface area contributed by atoms with Gasteiger partial charge in [0.05, 0.1) is 18.3 Å². The zero-order valence-corrected chi connectivity index (χ0v) is 17.1. The first-order chi connectivity index (χ1) is 12.9. The van der Waals surface area contributed by atoms with E-state index in [4.69, 9.17) is 9.97 Å². The largest absolute Gasteiger partial charge is 0.394 e. The molecule has 1 aliphatic heterocycles. The van der Waals surface area contributed by atoms with E-state index in [0.29, 0.717) is 23.8 Å². The second kappa shape index (κ2) is 8.26. The lowest BCUT2D eigenvalue weighted by molar-refractivity contribution is 0.248. The third-order valence-corrected chi connectivity index (χ3v) is 5.44. The van der Waals surface area contributed by atoms with E-state index in [1.807, 2.05) is 0 Å². The van der Waals surface area contributed by atoms with Crippen LogP contribution in [-0.4, -0.2) is 33.8 Å². The molecule has 0 fully saturated rings. The molecule has 0 radical (unpaired) electrons. The Hall–Kier alpha value is -2.14. The second-order valence-corrected chi connectivity index (χ2v) is 8.26. The summed E-state index contributed by atoms with van der Waals surface area (Å²) in [6.07, 6.45) is 1.02. The molecule has 0 saturated carbocycles. The van der Waals surface area contributed by atoms with E-state index in [-0.39, 0.29) is 12.6 Å². The standard InChI is InChI=1S/C22H32N4O/c1-14(2)19-11-21(25-22(23-19)24-20(13-27)15(3)4)26-12-18-9-7-6-8-17(18)10-16(26)5/h6-9,11,14-16,20,27H,10,12-13H2,1-5H3,(H,23,24,25)/t16-,20+/m1/s1. The predicted molar refractivity (Wildman–Crippen MR) is 111 cm³/mol. The first-order valence-electron chi connectivity index (χ1n) is 9.98. The summed E-state index contributed by atoms with van der Waals surface area (Å²) in [7, 11) is 0. The fraction of sp³-hybridized carbons (Fsp3) is 0.545. The molecule has 0 aliphatic carbocycles. The number of aromatic nitrogens is 2. The molecule has 5 nitrogen and oxygen atoms in total. The highest BCUT2D eigenvalue weighted by Gasteiger charge is 2.25. The van der Waals surface area contributed by atoms with Crippen LogP contribution in [-0.2, 0) is 13.0 Å². The van der Waals surface area contributed by atoms with Crippen LogP contribution in [0.3, 0.4) is 0 Å². The van der Waals surface area contributed by atoms with Gasteiger partial charge in [0.15, 0.2) is 0 Å². The van der Waals surface area contributed by atoms with Gasteiger partial charge in [0, 0.05) is 18.7 Å². The van der Waals surface area contributed by atoms with Crippen molar-refractivity contribution in [3.05, 3.63) is 47.2 Å². The summed E-state index contributed by atoms with van der Waals surface area (Å²) >= 11 is 0. The van der Waals surface area contributed by atoms with Gasteiger partial charge in [-0.05, 0) is 36.3 Å². The van der Waals surface area contributed by atoms with Gasteiger partial charge < -0.3 is 15.3 Å². The number of aliphatic hydroxyl groups excluding tert-OH is 1. The molecule has 2 N–H and O–H groups in total. The zero-order valence-electron chi connectivity index (χ0n) is 17.1. The molecule has 0 amide bonds. The van der Waals surface area contributed by atoms with Crippen LogP contribution < -0.4 is 10.2 Å². The van der Waals surface area contributed by atoms with Crippen molar-refractivity contribution in [3.8, 4) is 0 Å². The molecule has 0 saturated heterocycles. The van der Waals surface area contributed by atoms with E-state index in [2.05, 4.69) is 75.2 Å². The van der Waals surface area contributed by atoms with Crippen molar-refractivity contribution >= 4 is 11.8 Å². The van der Waals surface area contributed by atoms with E-state index in [9.17, 15) is 5.11 Å². The zero-order chi connectivity index (χ0) is 19.6. The maximum atomic E-state index is 9.68. The van der Waals surface area contributed by atoms with Crippen LogP contribution in [0.1, 0.15) is 57.4 Å². The van der Waals surface area contributed by atoms with Crippen molar-refractivity contribution in [2.75, 3.05) is 16.8 Å². The van der Waals surface area contributed by atoms with Crippen LogP contribution in [0.4, 0.5) is 11.8 Å². The van der Waals surface area contributed by atoms with Crippen molar-refractivity contribution < 1.29 is 5.11 Å². The topological polar surface area (TPSA) is 61.3 Å². The molecule has 0 spiro atoms. The average molecular weight is 369 g/mol. The number of rotatable bonds is 6. The third-order valence-electron chi connectivity index (χ3n) is 5.44. The van der Waals surface area contributed by atoms with Crippen LogP contribution in [0.2, 0.25) is 0 Å². The Morgan fingerprint density at radius 3 is 2.48 bits per heavy atom. The molecule has 5 heteroatoms. The lowest BCUT2D eigenvalue weighted by Gasteiger charge is -2.36. The molecular weight excluding hydrogens is 336 g/mol. The van der Waals surface area contributed by atoms with Crippen LogP contribution in [0, 0.1) is 5.92 Å². The summed E-state index contributed by atoms with van der Waals surface area (Å²) in [5.41, 5.74) is 3.82. The smallest absolute Gasteiger partial charge is 0.225 e. The molecule has 0 bridgehead atoms. The average Bonchev–Trinajstić information content (AvgIpc) is 2.65. The Bertz CT molecular complexity index is 775. The number of fused-ring (bicyclic) bond motifs is 1. The summed E-state index contributed by atoms with van der Waals surface area (Å²) in [6.45, 7) is 11.7. The lowest BCUT2D eigenvalue weighted by Crippen LogP contribution is -2.39. The number of aliphatic hydroxyl groups is 1. The van der Waals surface area contributed by atoms with Gasteiger partial charge in [0.2, 0.25) is 5.95 Å². The summed E-state index contributed by atoms with van der Waals surface area (Å²) in [5, 5.41) is 13.0. The number of hydrogen-bond acceptors (Lipinski definition) is 5. The maximum Gasteiger partial charge on any atom is 0.225 e. The molecule has 27 heavy (non-hydrogen) atoms. The Balaban J connectivity index is 1.95. The fourth-order valence-corrected chi connectivity index (χ4v) is 3.53. The van der Waals surface area contributed by atoms with E-state index in [1.54, 1.807) is 0 Å². The fourth-order valence-electron chi connectivity index (χ4n) is 3.53. The molecule has 1 aliphatic rings. The summed E-state index contributed by atoms with van der Waals surface area (Å²) < 4.78 is 0. The van der Waals surface area contributed by atoms with Gasteiger partial charge in [-0.15, -0.1) is 0 Å². The SMILES string of the molecule is CC(C)c1cc(N2Cc3ccccc3C[C@H]2C)nc(N[C@@H](CO)C(C)C)n1. The number of hydrogen-bond donors (Lipinski definition) is 2. The van der Waals surface area contributed by atoms with E-state index >= 15 is 0 Å². The summed E-state index contributed by atoms with van der Waals surface area (Å²) in [6, 6.07) is 11.1. The predicted octanol–water partition coefficient (Wildman–Crippen LogP) is 3.98. The van der Waals surface area contributed by atoms with Gasteiger partial charge in [-0.25, -0.2) is 4.98 Å². The van der Waals surface area contributed by atoms with Gasteiger partial charge in [-0.3, -0.25) is 0 Å². The number of nitrogens with one attached hydrogen (secondary N) is 1.